The molecule has 1 aromatic heterocycles. The van der Waals surface area contributed by atoms with Crippen molar-refractivity contribution in [2.75, 3.05) is 18.0 Å². The Morgan fingerprint density at radius 1 is 1.08 bits per heavy atom. The molecule has 0 aliphatic carbocycles. The van der Waals surface area contributed by atoms with Gasteiger partial charge in [-0.3, -0.25) is 0 Å². The van der Waals surface area contributed by atoms with Crippen LogP contribution in [-0.2, 0) is 0 Å². The number of rotatable bonds is 3. The largest absolute Gasteiger partial charge is 0.388 e. The molecule has 0 amide bonds. The van der Waals surface area contributed by atoms with Crippen LogP contribution in [0.25, 0.3) is 10.9 Å². The second-order valence-corrected chi connectivity index (χ2v) is 8.03. The molecule has 0 saturated carbocycles. The minimum Gasteiger partial charge on any atom is -0.388 e. The predicted molar refractivity (Wildman–Crippen MR) is 109 cm³/mol. The number of anilines is 1. The quantitative estimate of drug-likeness (QED) is 0.633. The van der Waals surface area contributed by atoms with Gasteiger partial charge in [0.25, 0.3) is 0 Å². The van der Waals surface area contributed by atoms with Gasteiger partial charge in [-0.1, -0.05) is 39.7 Å². The first kappa shape index (κ1) is 17.7. The van der Waals surface area contributed by atoms with Gasteiger partial charge in [-0.05, 0) is 54.7 Å². The first-order chi connectivity index (χ1) is 12.6. The predicted octanol–water partition coefficient (Wildman–Crippen LogP) is 5.00. The molecule has 1 atom stereocenters. The van der Waals surface area contributed by atoms with Crippen LogP contribution in [0.4, 0.5) is 5.82 Å². The van der Waals surface area contributed by atoms with Gasteiger partial charge in [-0.25, -0.2) is 9.97 Å². The average Bonchev–Trinajstić information content (AvgIpc) is 2.68. The number of piperidine rings is 1. The number of fused-ring (bicyclic) bond motifs is 1. The van der Waals surface area contributed by atoms with Crippen LogP contribution in [0.3, 0.4) is 0 Å². The number of halogens is 2. The lowest BCUT2D eigenvalue weighted by Crippen LogP contribution is -2.36. The zero-order valence-corrected chi connectivity index (χ0v) is 16.5. The second kappa shape index (κ2) is 7.51. The fourth-order valence-corrected chi connectivity index (χ4v) is 4.11. The molecule has 26 heavy (non-hydrogen) atoms. The van der Waals surface area contributed by atoms with Crippen molar-refractivity contribution < 1.29 is 5.11 Å². The summed E-state index contributed by atoms with van der Waals surface area (Å²) < 4.78 is 1.02. The van der Waals surface area contributed by atoms with Crippen LogP contribution in [-0.4, -0.2) is 28.2 Å². The zero-order valence-electron chi connectivity index (χ0n) is 14.1. The third-order valence-corrected chi connectivity index (χ3v) is 5.82. The van der Waals surface area contributed by atoms with Gasteiger partial charge in [0.05, 0.1) is 11.6 Å². The Morgan fingerprint density at radius 2 is 1.81 bits per heavy atom. The zero-order chi connectivity index (χ0) is 18.1. The number of nitrogens with zero attached hydrogens (tertiary/aromatic N) is 3. The molecule has 1 unspecified atom stereocenters. The molecule has 134 valence electrons. The lowest BCUT2D eigenvalue weighted by atomic mass is 9.87. The summed E-state index contributed by atoms with van der Waals surface area (Å²) in [5, 5.41) is 12.5. The van der Waals surface area contributed by atoms with Crippen LogP contribution in [0.2, 0.25) is 5.02 Å². The molecule has 2 aromatic carbocycles. The van der Waals surface area contributed by atoms with Crippen LogP contribution in [0.1, 0.15) is 24.5 Å². The minimum absolute atomic E-state index is 0.243. The van der Waals surface area contributed by atoms with E-state index in [1.165, 1.54) is 0 Å². The van der Waals surface area contributed by atoms with Crippen molar-refractivity contribution in [1.82, 2.24) is 9.97 Å². The van der Waals surface area contributed by atoms with Gasteiger partial charge in [0, 0.05) is 28.0 Å². The summed E-state index contributed by atoms with van der Waals surface area (Å²) in [7, 11) is 0. The molecule has 3 aromatic rings. The van der Waals surface area contributed by atoms with Gasteiger partial charge in [0.15, 0.2) is 0 Å². The number of aromatic nitrogens is 2. The summed E-state index contributed by atoms with van der Waals surface area (Å²) in [5.74, 6) is 1.21. The monoisotopic (exact) mass is 431 g/mol. The van der Waals surface area contributed by atoms with E-state index >= 15 is 0 Å². The maximum absolute atomic E-state index is 10.7. The third-order valence-electron chi connectivity index (χ3n) is 5.07. The molecule has 4 nitrogen and oxygen atoms in total. The molecular formula is C20H19BrClN3O. The lowest BCUT2D eigenvalue weighted by Gasteiger charge is -2.35. The summed E-state index contributed by atoms with van der Waals surface area (Å²) in [6.45, 7) is 1.74. The highest BCUT2D eigenvalue weighted by Crippen LogP contribution is 2.34. The van der Waals surface area contributed by atoms with Gasteiger partial charge in [-0.2, -0.15) is 0 Å². The standard InChI is InChI=1S/C20H19BrClN3O/c21-15-3-6-18-17(11-15)20(24-12-23-18)25-9-7-14(8-10-25)19(26)13-1-4-16(22)5-2-13/h1-6,11-12,14,19,26H,7-10H2. The maximum Gasteiger partial charge on any atom is 0.139 e. The Labute approximate surface area is 166 Å². The van der Waals surface area contributed by atoms with E-state index in [9.17, 15) is 5.11 Å². The third kappa shape index (κ3) is 3.56. The summed E-state index contributed by atoms with van der Waals surface area (Å²) in [6, 6.07) is 13.6. The molecule has 2 heterocycles. The Bertz CT molecular complexity index is 911. The average molecular weight is 433 g/mol. The summed E-state index contributed by atoms with van der Waals surface area (Å²) in [6.07, 6.45) is 3.01. The Hall–Kier alpha value is -1.69. The number of hydrogen-bond donors (Lipinski definition) is 1. The molecule has 1 N–H and O–H groups in total. The molecule has 1 aliphatic heterocycles. The number of benzene rings is 2. The minimum atomic E-state index is -0.453. The van der Waals surface area contributed by atoms with Gasteiger partial charge in [0.1, 0.15) is 12.1 Å². The van der Waals surface area contributed by atoms with E-state index in [4.69, 9.17) is 11.6 Å². The molecule has 1 saturated heterocycles. The first-order valence-electron chi connectivity index (χ1n) is 8.70. The van der Waals surface area contributed by atoms with E-state index in [1.54, 1.807) is 6.33 Å². The van der Waals surface area contributed by atoms with E-state index < -0.39 is 6.10 Å². The van der Waals surface area contributed by atoms with E-state index in [-0.39, 0.29) is 5.92 Å². The van der Waals surface area contributed by atoms with Crippen LogP contribution >= 0.6 is 27.5 Å². The molecule has 0 spiro atoms. The van der Waals surface area contributed by atoms with Crippen LogP contribution < -0.4 is 4.90 Å². The Kier molecular flexibility index (Phi) is 5.11. The fourth-order valence-electron chi connectivity index (χ4n) is 3.63. The Balaban J connectivity index is 1.50. The molecule has 1 aliphatic rings. The fraction of sp³-hybridized carbons (Fsp3) is 0.300. The van der Waals surface area contributed by atoms with Crippen LogP contribution in [0.15, 0.2) is 53.3 Å². The topological polar surface area (TPSA) is 49.2 Å². The van der Waals surface area contributed by atoms with Gasteiger partial charge >= 0.3 is 0 Å². The summed E-state index contributed by atoms with van der Waals surface area (Å²) in [4.78, 5) is 11.2. The van der Waals surface area contributed by atoms with Gasteiger partial charge < -0.3 is 10.0 Å². The van der Waals surface area contributed by atoms with Crippen LogP contribution in [0, 0.1) is 5.92 Å². The van der Waals surface area contributed by atoms with Crippen molar-refractivity contribution in [3.63, 3.8) is 0 Å². The smallest absolute Gasteiger partial charge is 0.139 e. The highest BCUT2D eigenvalue weighted by molar-refractivity contribution is 9.10. The SMILES string of the molecule is OC(c1ccc(Cl)cc1)C1CCN(c2ncnc3ccc(Br)cc23)CC1. The second-order valence-electron chi connectivity index (χ2n) is 6.68. The summed E-state index contributed by atoms with van der Waals surface area (Å²) >= 11 is 9.48. The number of hydrogen-bond acceptors (Lipinski definition) is 4. The molecule has 4 rings (SSSR count). The van der Waals surface area contributed by atoms with Crippen molar-refractivity contribution >= 4 is 44.3 Å². The number of aliphatic hydroxyl groups excluding tert-OH is 1. The highest BCUT2D eigenvalue weighted by Gasteiger charge is 2.27. The normalized spacial score (nSPS) is 16.8. The van der Waals surface area contributed by atoms with Crippen molar-refractivity contribution in [3.8, 4) is 0 Å². The van der Waals surface area contributed by atoms with E-state index in [1.807, 2.05) is 36.4 Å². The molecule has 0 radical (unpaired) electrons. The van der Waals surface area contributed by atoms with Crippen LogP contribution in [0.5, 0.6) is 0 Å². The van der Waals surface area contributed by atoms with Gasteiger partial charge in [-0.15, -0.1) is 0 Å². The van der Waals surface area contributed by atoms with Crippen molar-refractivity contribution in [1.29, 1.82) is 0 Å². The van der Waals surface area contributed by atoms with Gasteiger partial charge in [0.2, 0.25) is 0 Å². The van der Waals surface area contributed by atoms with Crippen molar-refractivity contribution in [2.45, 2.75) is 18.9 Å². The highest BCUT2D eigenvalue weighted by atomic mass is 79.9. The van der Waals surface area contributed by atoms with Crippen molar-refractivity contribution in [3.05, 3.63) is 63.9 Å². The Morgan fingerprint density at radius 3 is 2.54 bits per heavy atom. The molecule has 1 fully saturated rings. The summed E-state index contributed by atoms with van der Waals surface area (Å²) in [5.41, 5.74) is 1.88. The van der Waals surface area contributed by atoms with E-state index in [0.29, 0.717) is 5.02 Å². The van der Waals surface area contributed by atoms with E-state index in [2.05, 4.69) is 36.9 Å². The first-order valence-corrected chi connectivity index (χ1v) is 9.87. The number of aliphatic hydroxyl groups is 1. The molecule has 0 bridgehead atoms. The molecular weight excluding hydrogens is 414 g/mol. The lowest BCUT2D eigenvalue weighted by molar-refractivity contribution is 0.0929. The van der Waals surface area contributed by atoms with Crippen molar-refractivity contribution in [2.24, 2.45) is 5.92 Å². The van der Waals surface area contributed by atoms with E-state index in [0.717, 1.165) is 52.7 Å². The molecule has 6 heteroatoms. The maximum atomic E-state index is 10.7.